The Morgan fingerprint density at radius 2 is 1.56 bits per heavy atom. The molecule has 0 spiro atoms. The lowest BCUT2D eigenvalue weighted by atomic mass is 9.77. The van der Waals surface area contributed by atoms with Crippen molar-refractivity contribution in [2.24, 2.45) is 11.8 Å². The summed E-state index contributed by atoms with van der Waals surface area (Å²) < 4.78 is 8.86. The van der Waals surface area contributed by atoms with Gasteiger partial charge in [-0.25, -0.2) is 9.97 Å². The minimum atomic E-state index is 0.0240. The van der Waals surface area contributed by atoms with Crippen LogP contribution < -0.4 is 14.5 Å². The fourth-order valence-electron chi connectivity index (χ4n) is 8.06. The lowest BCUT2D eigenvalue weighted by Gasteiger charge is -2.43. The van der Waals surface area contributed by atoms with E-state index in [0.717, 1.165) is 58.4 Å². The molecule has 6 heteroatoms. The quantitative estimate of drug-likeness (QED) is 0.200. The van der Waals surface area contributed by atoms with Crippen molar-refractivity contribution in [2.45, 2.75) is 51.5 Å². The Morgan fingerprint density at radius 1 is 0.733 bits per heavy atom. The smallest absolute Gasteiger partial charge is 0.154 e. The molecule has 224 valence electrons. The fourth-order valence-corrected chi connectivity index (χ4v) is 8.06. The largest absolute Gasteiger partial charge is 0.457 e. The molecule has 3 saturated carbocycles. The average Bonchev–Trinajstić information content (AvgIpc) is 3.83. The van der Waals surface area contributed by atoms with Gasteiger partial charge in [-0.15, -0.1) is 0 Å². The Kier molecular flexibility index (Phi) is 5.80. The van der Waals surface area contributed by atoms with Crippen LogP contribution in [0.4, 0.5) is 17.2 Å². The van der Waals surface area contributed by atoms with Crippen LogP contribution in [0.5, 0.6) is 11.5 Å². The minimum absolute atomic E-state index is 0.0240. The minimum Gasteiger partial charge on any atom is -0.457 e. The number of rotatable bonds is 5. The van der Waals surface area contributed by atoms with Crippen molar-refractivity contribution in [3.05, 3.63) is 109 Å². The summed E-state index contributed by atoms with van der Waals surface area (Å²) in [6.45, 7) is 7.55. The van der Waals surface area contributed by atoms with Gasteiger partial charge in [0.2, 0.25) is 0 Å². The molecule has 2 atom stereocenters. The van der Waals surface area contributed by atoms with Gasteiger partial charge in [-0.1, -0.05) is 45.0 Å². The van der Waals surface area contributed by atoms with Crippen LogP contribution in [-0.2, 0) is 5.41 Å². The van der Waals surface area contributed by atoms with Gasteiger partial charge < -0.3 is 14.5 Å². The lowest BCUT2D eigenvalue weighted by Crippen LogP contribution is -2.50. The van der Waals surface area contributed by atoms with Crippen LogP contribution in [0.2, 0.25) is 0 Å². The maximum absolute atomic E-state index is 6.60. The van der Waals surface area contributed by atoms with E-state index in [-0.39, 0.29) is 5.41 Å². The predicted octanol–water partition coefficient (Wildman–Crippen LogP) is 9.38. The Labute approximate surface area is 263 Å². The number of pyridine rings is 2. The van der Waals surface area contributed by atoms with E-state index >= 15 is 0 Å². The zero-order valence-corrected chi connectivity index (χ0v) is 26.0. The molecule has 3 aromatic heterocycles. The van der Waals surface area contributed by atoms with Gasteiger partial charge in [-0.05, 0) is 96.7 Å². The van der Waals surface area contributed by atoms with Crippen molar-refractivity contribution in [1.82, 2.24) is 14.5 Å². The topological polar surface area (TPSA) is 46.4 Å². The number of aromatic nitrogens is 3. The molecule has 4 heterocycles. The van der Waals surface area contributed by atoms with Crippen LogP contribution in [0.1, 0.15) is 45.6 Å². The number of ether oxygens (including phenoxy) is 1. The van der Waals surface area contributed by atoms with Crippen molar-refractivity contribution in [1.29, 1.82) is 0 Å². The van der Waals surface area contributed by atoms with E-state index in [0.29, 0.717) is 6.04 Å². The SMILES string of the molecule is CC(C)(C)c1ccnc(-n2c3ccccc3c3ccc(Oc4cccc(N5CN(C6C7CCC6C7)c6ncccc65)c4)cc32)c1. The number of hydrogen-bond donors (Lipinski definition) is 0. The van der Waals surface area contributed by atoms with Crippen LogP contribution in [0, 0.1) is 11.8 Å². The third kappa shape index (κ3) is 4.22. The van der Waals surface area contributed by atoms with E-state index < -0.39 is 0 Å². The molecule has 6 aromatic rings. The van der Waals surface area contributed by atoms with Crippen LogP contribution in [0.3, 0.4) is 0 Å². The number of anilines is 3. The Bertz CT molecular complexity index is 2080. The summed E-state index contributed by atoms with van der Waals surface area (Å²) in [5, 5.41) is 2.38. The first-order valence-corrected chi connectivity index (χ1v) is 16.2. The Balaban J connectivity index is 1.07. The molecule has 0 N–H and O–H groups in total. The summed E-state index contributed by atoms with van der Waals surface area (Å²) in [6.07, 6.45) is 7.95. The van der Waals surface area contributed by atoms with Gasteiger partial charge in [-0.3, -0.25) is 4.57 Å². The maximum atomic E-state index is 6.60. The highest BCUT2D eigenvalue weighted by atomic mass is 16.5. The molecule has 1 aliphatic heterocycles. The molecule has 0 saturated heterocycles. The Hall–Kier alpha value is -4.84. The predicted molar refractivity (Wildman–Crippen MR) is 182 cm³/mol. The molecule has 2 bridgehead atoms. The second-order valence-electron chi connectivity index (χ2n) is 14.0. The molecular weight excluding hydrogens is 554 g/mol. The molecule has 4 aliphatic rings. The van der Waals surface area contributed by atoms with Crippen LogP contribution in [-0.4, -0.2) is 27.2 Å². The van der Waals surface area contributed by atoms with Crippen molar-refractivity contribution < 1.29 is 4.74 Å². The van der Waals surface area contributed by atoms with Gasteiger partial charge in [0.15, 0.2) is 5.82 Å². The molecule has 6 nitrogen and oxygen atoms in total. The van der Waals surface area contributed by atoms with Crippen molar-refractivity contribution in [2.75, 3.05) is 16.5 Å². The first-order chi connectivity index (χ1) is 21.9. The summed E-state index contributed by atoms with van der Waals surface area (Å²) >= 11 is 0. The van der Waals surface area contributed by atoms with Crippen LogP contribution in [0.25, 0.3) is 27.6 Å². The van der Waals surface area contributed by atoms with E-state index in [2.05, 4.69) is 114 Å². The fraction of sp³-hybridized carbons (Fsp3) is 0.282. The molecule has 0 amide bonds. The Morgan fingerprint density at radius 3 is 2.40 bits per heavy atom. The molecule has 3 aromatic carbocycles. The molecule has 3 fully saturated rings. The van der Waals surface area contributed by atoms with Crippen molar-refractivity contribution in [3.63, 3.8) is 0 Å². The number of fused-ring (bicyclic) bond motifs is 5. The lowest BCUT2D eigenvalue weighted by molar-refractivity contribution is 0.228. The van der Waals surface area contributed by atoms with Gasteiger partial charge in [-0.2, -0.15) is 0 Å². The van der Waals surface area contributed by atoms with Crippen LogP contribution >= 0.6 is 0 Å². The van der Waals surface area contributed by atoms with Crippen molar-refractivity contribution in [3.8, 4) is 17.3 Å². The van der Waals surface area contributed by atoms with Gasteiger partial charge >= 0.3 is 0 Å². The molecule has 10 rings (SSSR count). The third-order valence-electron chi connectivity index (χ3n) is 10.3. The number of nitrogens with zero attached hydrogens (tertiary/aromatic N) is 5. The van der Waals surface area contributed by atoms with Crippen molar-refractivity contribution >= 4 is 39.0 Å². The summed E-state index contributed by atoms with van der Waals surface area (Å²) in [5.41, 5.74) is 5.79. The van der Waals surface area contributed by atoms with Gasteiger partial charge in [0.25, 0.3) is 0 Å². The summed E-state index contributed by atoms with van der Waals surface area (Å²) in [4.78, 5) is 14.6. The van der Waals surface area contributed by atoms with Crippen LogP contribution in [0.15, 0.2) is 103 Å². The second-order valence-corrected chi connectivity index (χ2v) is 14.0. The third-order valence-corrected chi connectivity index (χ3v) is 10.3. The first-order valence-electron chi connectivity index (χ1n) is 16.2. The molecule has 0 radical (unpaired) electrons. The van der Waals surface area contributed by atoms with E-state index in [4.69, 9.17) is 14.7 Å². The maximum Gasteiger partial charge on any atom is 0.154 e. The number of benzene rings is 3. The van der Waals surface area contributed by atoms with Gasteiger partial charge in [0, 0.05) is 47.0 Å². The molecule has 2 unspecified atom stereocenters. The monoisotopic (exact) mass is 591 g/mol. The van der Waals surface area contributed by atoms with E-state index in [1.54, 1.807) is 0 Å². The van der Waals surface area contributed by atoms with Gasteiger partial charge in [0.1, 0.15) is 17.3 Å². The van der Waals surface area contributed by atoms with E-state index in [1.807, 2.05) is 24.5 Å². The zero-order chi connectivity index (χ0) is 30.3. The first kappa shape index (κ1) is 26.6. The molecule has 45 heavy (non-hydrogen) atoms. The second kappa shape index (κ2) is 9.83. The highest BCUT2D eigenvalue weighted by molar-refractivity contribution is 6.09. The van der Waals surface area contributed by atoms with E-state index in [1.165, 1.54) is 41.3 Å². The summed E-state index contributed by atoms with van der Waals surface area (Å²) in [5.74, 6) is 5.28. The van der Waals surface area contributed by atoms with Gasteiger partial charge in [0.05, 0.1) is 23.4 Å². The highest BCUT2D eigenvalue weighted by Gasteiger charge is 2.52. The standard InChI is InChI=1S/C39H37N5O/c1-39(2,3)27-17-19-40-36(21-27)44-33-11-5-4-10-31(33)32-16-15-30(23-35(32)44)45-29-9-6-8-28(22-29)42-24-43(37-25-13-14-26(37)20-25)38-34(42)12-7-18-41-38/h4-12,15-19,21-23,25-26,37H,13-14,20,24H2,1-3H3. The summed E-state index contributed by atoms with van der Waals surface area (Å²) in [6, 6.07) is 32.6. The number of para-hydroxylation sites is 1. The zero-order valence-electron chi connectivity index (χ0n) is 26.0. The average molecular weight is 592 g/mol. The normalized spacial score (nSPS) is 20.6. The molecular formula is C39H37N5O. The summed E-state index contributed by atoms with van der Waals surface area (Å²) in [7, 11) is 0. The van der Waals surface area contributed by atoms with E-state index in [9.17, 15) is 0 Å². The molecule has 3 aliphatic carbocycles. The highest BCUT2D eigenvalue weighted by Crippen LogP contribution is 2.54. The number of hydrogen-bond acceptors (Lipinski definition) is 5.